The van der Waals surface area contributed by atoms with Gasteiger partial charge in [0.1, 0.15) is 6.10 Å². The summed E-state index contributed by atoms with van der Waals surface area (Å²) < 4.78 is 10.8. The zero-order valence-corrected chi connectivity index (χ0v) is 12.4. The predicted octanol–water partition coefficient (Wildman–Crippen LogP) is 1.91. The quantitative estimate of drug-likeness (QED) is 0.763. The topological polar surface area (TPSA) is 73.6 Å². The Morgan fingerprint density at radius 1 is 1.35 bits per heavy atom. The number of carbonyl (C=O) groups is 1. The minimum atomic E-state index is -0.545. The van der Waals surface area contributed by atoms with Crippen LogP contribution >= 0.6 is 0 Å². The zero-order chi connectivity index (χ0) is 15.0. The van der Waals surface area contributed by atoms with Crippen LogP contribution in [-0.2, 0) is 20.8 Å². The van der Waals surface area contributed by atoms with E-state index in [0.717, 1.165) is 11.3 Å². The first kappa shape index (κ1) is 16.6. The van der Waals surface area contributed by atoms with Gasteiger partial charge in [-0.2, -0.15) is 0 Å². The lowest BCUT2D eigenvalue weighted by Gasteiger charge is -2.19. The molecule has 5 nitrogen and oxygen atoms in total. The second kappa shape index (κ2) is 8.68. The number of rotatable bonds is 8. The van der Waals surface area contributed by atoms with Crippen LogP contribution in [0.1, 0.15) is 26.3 Å². The van der Waals surface area contributed by atoms with Crippen LogP contribution < -0.4 is 11.1 Å². The van der Waals surface area contributed by atoms with E-state index in [-0.39, 0.29) is 12.0 Å². The molecule has 0 saturated carbocycles. The second-order valence-electron chi connectivity index (χ2n) is 4.60. The maximum absolute atomic E-state index is 12.1. The number of amides is 1. The molecule has 1 amide bonds. The van der Waals surface area contributed by atoms with E-state index < -0.39 is 6.10 Å². The number of nitrogens with two attached hydrogens (primary N) is 1. The molecule has 0 aromatic heterocycles. The van der Waals surface area contributed by atoms with E-state index in [1.807, 2.05) is 38.1 Å². The van der Waals surface area contributed by atoms with Crippen molar-refractivity contribution in [3.05, 3.63) is 29.8 Å². The monoisotopic (exact) mass is 280 g/mol. The van der Waals surface area contributed by atoms with Gasteiger partial charge < -0.3 is 20.5 Å². The molecule has 2 unspecified atom stereocenters. The van der Waals surface area contributed by atoms with E-state index in [2.05, 4.69) is 5.32 Å². The first-order valence-electron chi connectivity index (χ1n) is 6.90. The van der Waals surface area contributed by atoms with Crippen molar-refractivity contribution in [3.8, 4) is 0 Å². The second-order valence-corrected chi connectivity index (χ2v) is 4.60. The van der Waals surface area contributed by atoms with Crippen LogP contribution in [0.25, 0.3) is 0 Å². The molecule has 0 bridgehead atoms. The molecule has 0 spiro atoms. The van der Waals surface area contributed by atoms with Gasteiger partial charge in [0.2, 0.25) is 0 Å². The molecular formula is C15H24N2O3. The summed E-state index contributed by atoms with van der Waals surface area (Å²) in [4.78, 5) is 12.1. The van der Waals surface area contributed by atoms with Crippen molar-refractivity contribution in [1.29, 1.82) is 0 Å². The number of para-hydroxylation sites is 1. The highest BCUT2D eigenvalue weighted by Crippen LogP contribution is 2.15. The fraction of sp³-hybridized carbons (Fsp3) is 0.533. The maximum Gasteiger partial charge on any atom is 0.253 e. The number of carbonyl (C=O) groups excluding carboxylic acids is 1. The smallest absolute Gasteiger partial charge is 0.253 e. The maximum atomic E-state index is 12.1. The van der Waals surface area contributed by atoms with E-state index in [1.165, 1.54) is 0 Å². The van der Waals surface area contributed by atoms with Crippen molar-refractivity contribution in [2.24, 2.45) is 5.73 Å². The van der Waals surface area contributed by atoms with Gasteiger partial charge in [0, 0.05) is 18.8 Å². The van der Waals surface area contributed by atoms with Crippen LogP contribution in [0.5, 0.6) is 0 Å². The fourth-order valence-corrected chi connectivity index (χ4v) is 1.79. The summed E-state index contributed by atoms with van der Waals surface area (Å²) in [7, 11) is 0. The third-order valence-electron chi connectivity index (χ3n) is 2.86. The molecule has 5 heteroatoms. The van der Waals surface area contributed by atoms with Crippen molar-refractivity contribution >= 4 is 11.6 Å². The Kier molecular flexibility index (Phi) is 7.22. The van der Waals surface area contributed by atoms with Crippen LogP contribution in [-0.4, -0.2) is 31.3 Å². The van der Waals surface area contributed by atoms with Crippen LogP contribution in [0.3, 0.4) is 0 Å². The lowest BCUT2D eigenvalue weighted by atomic mass is 10.1. The van der Waals surface area contributed by atoms with Gasteiger partial charge in [-0.3, -0.25) is 4.79 Å². The van der Waals surface area contributed by atoms with Gasteiger partial charge in [0.05, 0.1) is 12.7 Å². The fourth-order valence-electron chi connectivity index (χ4n) is 1.79. The van der Waals surface area contributed by atoms with Gasteiger partial charge in [0.15, 0.2) is 0 Å². The summed E-state index contributed by atoms with van der Waals surface area (Å²) in [6.45, 7) is 7.03. The third-order valence-corrected chi connectivity index (χ3v) is 2.86. The molecule has 1 aromatic carbocycles. The Bertz CT molecular complexity index is 423. The van der Waals surface area contributed by atoms with Crippen molar-refractivity contribution in [3.63, 3.8) is 0 Å². The summed E-state index contributed by atoms with van der Waals surface area (Å²) in [6.07, 6.45) is -0.670. The van der Waals surface area contributed by atoms with Crippen molar-refractivity contribution in [1.82, 2.24) is 0 Å². The molecule has 1 aromatic rings. The first-order valence-corrected chi connectivity index (χ1v) is 6.90. The largest absolute Gasteiger partial charge is 0.379 e. The average molecular weight is 280 g/mol. The lowest BCUT2D eigenvalue weighted by Crippen LogP contribution is -2.32. The number of ether oxygens (including phenoxy) is 2. The number of anilines is 1. The molecule has 0 fully saturated rings. The lowest BCUT2D eigenvalue weighted by molar-refractivity contribution is -0.131. The first-order chi connectivity index (χ1) is 9.58. The van der Waals surface area contributed by atoms with Gasteiger partial charge in [-0.05, 0) is 32.4 Å². The Morgan fingerprint density at radius 3 is 2.70 bits per heavy atom. The molecule has 3 N–H and O–H groups in total. The van der Waals surface area contributed by atoms with Crippen LogP contribution in [0.2, 0.25) is 0 Å². The Balaban J connectivity index is 2.53. The Labute approximate surface area is 120 Å². The van der Waals surface area contributed by atoms with Crippen LogP contribution in [0.15, 0.2) is 24.3 Å². The molecule has 0 heterocycles. The van der Waals surface area contributed by atoms with Gasteiger partial charge in [-0.1, -0.05) is 18.2 Å². The standard InChI is InChI=1S/C15H24N2O3/c1-4-19-10-11(2)20-12(3)15(18)17-14-8-6-5-7-13(14)9-16/h5-8,11-12H,4,9-10,16H2,1-3H3,(H,17,18). The van der Waals surface area contributed by atoms with Gasteiger partial charge in [-0.15, -0.1) is 0 Å². The van der Waals surface area contributed by atoms with Crippen LogP contribution in [0, 0.1) is 0 Å². The minimum absolute atomic E-state index is 0.125. The van der Waals surface area contributed by atoms with Gasteiger partial charge in [0.25, 0.3) is 5.91 Å². The molecular weight excluding hydrogens is 256 g/mol. The summed E-state index contributed by atoms with van der Waals surface area (Å²) in [5, 5.41) is 2.84. The highest BCUT2D eigenvalue weighted by molar-refractivity contribution is 5.94. The van der Waals surface area contributed by atoms with E-state index >= 15 is 0 Å². The minimum Gasteiger partial charge on any atom is -0.379 e. The number of benzene rings is 1. The number of hydrogen-bond donors (Lipinski definition) is 2. The van der Waals surface area contributed by atoms with Gasteiger partial charge in [-0.25, -0.2) is 0 Å². The zero-order valence-electron chi connectivity index (χ0n) is 12.4. The molecule has 0 saturated heterocycles. The Hall–Kier alpha value is -1.43. The van der Waals surface area contributed by atoms with Crippen LogP contribution in [0.4, 0.5) is 5.69 Å². The molecule has 112 valence electrons. The molecule has 0 radical (unpaired) electrons. The van der Waals surface area contributed by atoms with E-state index in [9.17, 15) is 4.79 Å². The van der Waals surface area contributed by atoms with Crippen molar-refractivity contribution in [2.45, 2.75) is 39.5 Å². The molecule has 0 aliphatic carbocycles. The van der Waals surface area contributed by atoms with Crippen molar-refractivity contribution in [2.75, 3.05) is 18.5 Å². The molecule has 1 rings (SSSR count). The molecule has 20 heavy (non-hydrogen) atoms. The summed E-state index contributed by atoms with van der Waals surface area (Å²) >= 11 is 0. The van der Waals surface area contributed by atoms with E-state index in [0.29, 0.717) is 19.8 Å². The summed E-state index contributed by atoms with van der Waals surface area (Å²) in [5.41, 5.74) is 7.27. The Morgan fingerprint density at radius 2 is 2.05 bits per heavy atom. The third kappa shape index (κ3) is 5.28. The highest BCUT2D eigenvalue weighted by atomic mass is 16.5. The number of hydrogen-bond acceptors (Lipinski definition) is 4. The SMILES string of the molecule is CCOCC(C)OC(C)C(=O)Nc1ccccc1CN. The molecule has 0 aliphatic heterocycles. The van der Waals surface area contributed by atoms with Crippen molar-refractivity contribution < 1.29 is 14.3 Å². The molecule has 2 atom stereocenters. The summed E-state index contributed by atoms with van der Waals surface area (Å²) in [5.74, 6) is -0.186. The summed E-state index contributed by atoms with van der Waals surface area (Å²) in [6, 6.07) is 7.47. The predicted molar refractivity (Wildman–Crippen MR) is 79.5 cm³/mol. The normalized spacial score (nSPS) is 13.8. The average Bonchev–Trinajstić information content (AvgIpc) is 2.45. The highest BCUT2D eigenvalue weighted by Gasteiger charge is 2.17. The molecule has 0 aliphatic rings. The van der Waals surface area contributed by atoms with E-state index in [1.54, 1.807) is 6.92 Å². The number of nitrogens with one attached hydrogen (secondary N) is 1. The van der Waals surface area contributed by atoms with Gasteiger partial charge >= 0.3 is 0 Å². The van der Waals surface area contributed by atoms with E-state index in [4.69, 9.17) is 15.2 Å².